The molecule has 2 fully saturated rings. The number of alkyl carbamates (subject to hydrolysis) is 1. The summed E-state index contributed by atoms with van der Waals surface area (Å²) < 4.78 is 17.0. The SMILES string of the molecule is CC/C(N)=C/N(N)CCCC(=O)N(C)C(C)C(=O)O.COc1cc2cc(c1Cl)N(C)C(=O)CCC1(C)OC1CC1CC(C/C=C/C=C(\C)C2)NC(=O)O1. The van der Waals surface area contributed by atoms with Gasteiger partial charge in [-0.25, -0.2) is 15.4 Å². The van der Waals surface area contributed by atoms with Gasteiger partial charge in [0, 0.05) is 64.3 Å². The highest BCUT2D eigenvalue weighted by molar-refractivity contribution is 6.35. The van der Waals surface area contributed by atoms with Crippen molar-refractivity contribution in [2.45, 2.75) is 115 Å². The summed E-state index contributed by atoms with van der Waals surface area (Å²) in [6.45, 7) is 7.96. The van der Waals surface area contributed by atoms with Crippen molar-refractivity contribution in [1.29, 1.82) is 0 Å². The number of hydrogen-bond donors (Lipinski definition) is 4. The third-order valence-electron chi connectivity index (χ3n) is 9.82. The molecular formula is C38H57ClN6O8. The molecule has 0 aromatic heterocycles. The number of amides is 3. The molecule has 3 aliphatic rings. The fourth-order valence-corrected chi connectivity index (χ4v) is 6.42. The molecule has 294 valence electrons. The standard InChI is InChI=1S/C26H33ClN2O5.C12H24N4O3/c1-16-7-5-6-8-18-14-19(33-25(31)28-18)15-22-26(2,34-22)10-9-23(30)29(3)20-12-17(11-16)13-21(32-4)24(20)27;1-4-10(13)8-16(14)7-5-6-11(17)15(3)9(2)12(18)19/h5-7,12-13,18-19,22H,8-11,14-15H2,1-4H3,(H,28,31);8-9H,4-7,13-14H2,1-3H3,(H,18,19)/b6-5+,16-7+;10-8-. The van der Waals surface area contributed by atoms with Gasteiger partial charge >= 0.3 is 12.1 Å². The average Bonchev–Trinajstić information content (AvgIpc) is 3.75. The minimum atomic E-state index is -1.02. The molecule has 4 rings (SSSR count). The van der Waals surface area contributed by atoms with E-state index in [0.29, 0.717) is 67.2 Å². The third-order valence-corrected chi connectivity index (χ3v) is 10.2. The predicted octanol–water partition coefficient (Wildman–Crippen LogP) is 5.04. The largest absolute Gasteiger partial charge is 0.495 e. The van der Waals surface area contributed by atoms with E-state index in [9.17, 15) is 19.2 Å². The van der Waals surface area contributed by atoms with Crippen molar-refractivity contribution in [3.63, 3.8) is 0 Å². The van der Waals surface area contributed by atoms with Crippen LogP contribution in [0.2, 0.25) is 5.02 Å². The molecule has 1 aromatic carbocycles. The van der Waals surface area contributed by atoms with Gasteiger partial charge in [0.05, 0.1) is 24.5 Å². The highest BCUT2D eigenvalue weighted by atomic mass is 35.5. The molecule has 15 heteroatoms. The number of anilines is 1. The van der Waals surface area contributed by atoms with Crippen LogP contribution < -0.4 is 26.5 Å². The Hall–Kier alpha value is -4.27. The van der Waals surface area contributed by atoms with Crippen molar-refractivity contribution >= 4 is 41.2 Å². The van der Waals surface area contributed by atoms with Crippen molar-refractivity contribution < 1.29 is 38.5 Å². The molecule has 0 aliphatic carbocycles. The molecule has 53 heavy (non-hydrogen) atoms. The van der Waals surface area contributed by atoms with E-state index in [2.05, 4.69) is 24.4 Å². The van der Waals surface area contributed by atoms with Crippen LogP contribution in [0.25, 0.3) is 0 Å². The first-order valence-corrected chi connectivity index (χ1v) is 18.4. The van der Waals surface area contributed by atoms with Gasteiger partial charge in [-0.1, -0.05) is 42.3 Å². The number of nitrogens with zero attached hydrogens (tertiary/aromatic N) is 3. The first-order valence-electron chi connectivity index (χ1n) is 18.0. The van der Waals surface area contributed by atoms with Crippen LogP contribution in [-0.2, 0) is 30.3 Å². The monoisotopic (exact) mass is 760 g/mol. The summed E-state index contributed by atoms with van der Waals surface area (Å²) in [7, 11) is 4.80. The van der Waals surface area contributed by atoms with Gasteiger partial charge < -0.3 is 45.2 Å². The number of nitrogens with two attached hydrogens (primary N) is 2. The molecule has 0 saturated carbocycles. The number of carboxylic acid groups (broad SMARTS) is 1. The van der Waals surface area contributed by atoms with Crippen LogP contribution in [0, 0.1) is 0 Å². The van der Waals surface area contributed by atoms with Crippen molar-refractivity contribution in [3.8, 4) is 5.75 Å². The van der Waals surface area contributed by atoms with Crippen molar-refractivity contribution in [2.75, 3.05) is 32.6 Å². The molecule has 3 amide bonds. The van der Waals surface area contributed by atoms with Crippen molar-refractivity contribution in [2.24, 2.45) is 11.6 Å². The van der Waals surface area contributed by atoms with E-state index in [4.69, 9.17) is 42.5 Å². The maximum absolute atomic E-state index is 13.1. The predicted molar refractivity (Wildman–Crippen MR) is 204 cm³/mol. The number of aliphatic carboxylic acids is 1. The van der Waals surface area contributed by atoms with Gasteiger partial charge in [0.25, 0.3) is 0 Å². The number of methoxy groups -OCH3 is 1. The summed E-state index contributed by atoms with van der Waals surface area (Å²) in [5.74, 6) is 4.95. The lowest BCUT2D eigenvalue weighted by molar-refractivity contribution is -0.148. The second-order valence-electron chi connectivity index (χ2n) is 14.1. The van der Waals surface area contributed by atoms with E-state index in [1.54, 1.807) is 25.3 Å². The smallest absolute Gasteiger partial charge is 0.407 e. The fourth-order valence-electron chi connectivity index (χ4n) is 6.11. The van der Waals surface area contributed by atoms with Crippen LogP contribution in [-0.4, -0.2) is 96.5 Å². The molecule has 3 aliphatic heterocycles. The number of carbonyl (C=O) groups is 4. The van der Waals surface area contributed by atoms with Crippen LogP contribution in [0.5, 0.6) is 5.75 Å². The number of carboxylic acids is 1. The molecule has 5 atom stereocenters. The Balaban J connectivity index is 0.000000341. The fraction of sp³-hybridized carbons (Fsp3) is 0.579. The normalized spacial score (nSPS) is 25.5. The van der Waals surface area contributed by atoms with Gasteiger partial charge in [-0.3, -0.25) is 9.59 Å². The second-order valence-corrected chi connectivity index (χ2v) is 14.5. The van der Waals surface area contributed by atoms with E-state index in [1.807, 2.05) is 32.1 Å². The molecule has 0 spiro atoms. The summed E-state index contributed by atoms with van der Waals surface area (Å²) in [5.41, 5.74) is 8.69. The molecule has 5 unspecified atom stereocenters. The lowest BCUT2D eigenvalue weighted by Crippen LogP contribution is -2.45. The van der Waals surface area contributed by atoms with Crippen LogP contribution in [0.3, 0.4) is 0 Å². The van der Waals surface area contributed by atoms with Gasteiger partial charge in [-0.15, -0.1) is 0 Å². The minimum Gasteiger partial charge on any atom is -0.495 e. The molecule has 6 N–H and O–H groups in total. The summed E-state index contributed by atoms with van der Waals surface area (Å²) in [4.78, 5) is 50.4. The Bertz CT molecular complexity index is 1570. The maximum Gasteiger partial charge on any atom is 0.407 e. The number of likely N-dealkylation sites (N-methyl/N-ethyl adjacent to an activating group) is 1. The van der Waals surface area contributed by atoms with Gasteiger partial charge in [-0.05, 0) is 70.6 Å². The van der Waals surface area contributed by atoms with E-state index >= 15 is 0 Å². The number of rotatable bonds is 9. The van der Waals surface area contributed by atoms with Crippen molar-refractivity contribution in [3.05, 3.63) is 58.4 Å². The molecule has 2 saturated heterocycles. The first-order chi connectivity index (χ1) is 25.0. The van der Waals surface area contributed by atoms with Gasteiger partial charge in [-0.2, -0.15) is 0 Å². The number of ether oxygens (including phenoxy) is 3. The number of epoxide rings is 1. The average molecular weight is 761 g/mol. The highest BCUT2D eigenvalue weighted by Gasteiger charge is 2.53. The number of hydrogen-bond acceptors (Lipinski definition) is 10. The Kier molecular flexibility index (Phi) is 16.0. The zero-order valence-corrected chi connectivity index (χ0v) is 32.8. The molecular weight excluding hydrogens is 704 g/mol. The van der Waals surface area contributed by atoms with E-state index in [1.165, 1.54) is 23.9 Å². The Morgan fingerprint density at radius 2 is 2.00 bits per heavy atom. The summed E-state index contributed by atoms with van der Waals surface area (Å²) in [6, 6.07) is 3.07. The lowest BCUT2D eigenvalue weighted by atomic mass is 9.94. The quantitative estimate of drug-likeness (QED) is 0.150. The summed E-state index contributed by atoms with van der Waals surface area (Å²) in [6.07, 6.45) is 12.4. The first kappa shape index (κ1) is 43.1. The number of hydrazine groups is 1. The molecule has 3 heterocycles. The Labute approximate surface area is 318 Å². The van der Waals surface area contributed by atoms with E-state index in [-0.39, 0.29) is 42.6 Å². The minimum absolute atomic E-state index is 0.0293. The van der Waals surface area contributed by atoms with Crippen LogP contribution in [0.15, 0.2) is 47.8 Å². The number of nitrogens with one attached hydrogen (secondary N) is 1. The van der Waals surface area contributed by atoms with Crippen LogP contribution in [0.4, 0.5) is 10.5 Å². The maximum atomic E-state index is 13.1. The number of benzene rings is 1. The van der Waals surface area contributed by atoms with Gasteiger partial charge in [0.1, 0.15) is 22.9 Å². The number of allylic oxidation sites excluding steroid dienone is 4. The van der Waals surface area contributed by atoms with E-state index in [0.717, 1.165) is 24.0 Å². The molecule has 14 nitrogen and oxygen atoms in total. The highest BCUT2D eigenvalue weighted by Crippen LogP contribution is 2.44. The van der Waals surface area contributed by atoms with E-state index < -0.39 is 17.6 Å². The summed E-state index contributed by atoms with van der Waals surface area (Å²) in [5, 5.41) is 13.6. The van der Waals surface area contributed by atoms with Gasteiger partial charge in [0.2, 0.25) is 11.8 Å². The number of fused-ring (bicyclic) bond motifs is 5. The molecule has 1 aromatic rings. The zero-order valence-electron chi connectivity index (χ0n) is 32.0. The Morgan fingerprint density at radius 3 is 2.66 bits per heavy atom. The lowest BCUT2D eigenvalue weighted by Gasteiger charge is -2.29. The Morgan fingerprint density at radius 1 is 1.28 bits per heavy atom. The molecule has 4 bridgehead atoms. The van der Waals surface area contributed by atoms with Gasteiger partial charge in [0.15, 0.2) is 0 Å². The van der Waals surface area contributed by atoms with Crippen molar-refractivity contribution in [1.82, 2.24) is 15.2 Å². The van der Waals surface area contributed by atoms with Crippen LogP contribution in [0.1, 0.15) is 84.6 Å². The zero-order chi connectivity index (χ0) is 39.5. The second kappa shape index (κ2) is 19.7. The topological polar surface area (TPSA) is 193 Å². The third kappa shape index (κ3) is 13.0. The molecule has 0 radical (unpaired) electrons. The number of halogens is 1. The van der Waals surface area contributed by atoms with Crippen LogP contribution >= 0.6 is 11.6 Å². The summed E-state index contributed by atoms with van der Waals surface area (Å²) >= 11 is 6.58. The number of carbonyl (C=O) groups excluding carboxylic acids is 3.